The molecule has 0 radical (unpaired) electrons. The number of nitrogens with zero attached hydrogens (tertiary/aromatic N) is 2. The molecule has 1 aromatic heterocycles. The van der Waals surface area contributed by atoms with Gasteiger partial charge in [-0.05, 0) is 54.4 Å². The highest BCUT2D eigenvalue weighted by atomic mass is 35.5. The van der Waals surface area contributed by atoms with Crippen molar-refractivity contribution >= 4 is 58.3 Å². The highest BCUT2D eigenvalue weighted by Gasteiger charge is 2.36. The lowest BCUT2D eigenvalue weighted by Gasteiger charge is -2.39. The van der Waals surface area contributed by atoms with Crippen LogP contribution in [0, 0.1) is 5.92 Å². The zero-order valence-electron chi connectivity index (χ0n) is 14.8. The Labute approximate surface area is 179 Å². The lowest BCUT2D eigenvalue weighted by atomic mass is 10.1. The van der Waals surface area contributed by atoms with Crippen molar-refractivity contribution in [2.24, 2.45) is 5.92 Å². The summed E-state index contributed by atoms with van der Waals surface area (Å²) < 4.78 is 2.40. The van der Waals surface area contributed by atoms with Crippen molar-refractivity contribution in [3.63, 3.8) is 0 Å². The third-order valence-electron chi connectivity index (χ3n) is 4.81. The maximum atomic E-state index is 6.35. The van der Waals surface area contributed by atoms with Crippen LogP contribution in [-0.4, -0.2) is 25.1 Å². The maximum Gasteiger partial charge on any atom is 0.0946 e. The number of thioether (sulfide) groups is 2. The van der Waals surface area contributed by atoms with E-state index in [0.717, 1.165) is 37.3 Å². The summed E-state index contributed by atoms with van der Waals surface area (Å²) in [7, 11) is 0. The molecule has 7 heteroatoms. The molecule has 1 aliphatic heterocycles. The molecule has 142 valence electrons. The first-order valence-corrected chi connectivity index (χ1v) is 12.0. The van der Waals surface area contributed by atoms with Crippen LogP contribution in [0.5, 0.6) is 0 Å². The van der Waals surface area contributed by atoms with Gasteiger partial charge in [-0.3, -0.25) is 0 Å². The summed E-state index contributed by atoms with van der Waals surface area (Å²) in [6.45, 7) is 3.28. The fourth-order valence-corrected chi connectivity index (χ4v) is 7.92. The van der Waals surface area contributed by atoms with E-state index in [1.54, 1.807) is 12.1 Å². The number of benzene rings is 1. The van der Waals surface area contributed by atoms with E-state index in [0.29, 0.717) is 15.1 Å². The number of hydrogen-bond acceptors (Lipinski definition) is 3. The molecule has 0 N–H and O–H groups in total. The first kappa shape index (κ1) is 20.7. The molecule has 1 fully saturated rings. The molecule has 1 aliphatic rings. The van der Waals surface area contributed by atoms with Gasteiger partial charge in [0.15, 0.2) is 0 Å². The topological polar surface area (TPSA) is 17.8 Å². The molecule has 26 heavy (non-hydrogen) atoms. The molecule has 1 saturated heterocycles. The molecule has 0 unspecified atom stereocenters. The van der Waals surface area contributed by atoms with E-state index >= 15 is 0 Å². The van der Waals surface area contributed by atoms with Crippen molar-refractivity contribution in [1.82, 2.24) is 9.55 Å². The number of hydrogen-bond donors (Lipinski definition) is 0. The van der Waals surface area contributed by atoms with Crippen molar-refractivity contribution in [1.29, 1.82) is 0 Å². The van der Waals surface area contributed by atoms with E-state index in [1.807, 2.05) is 12.5 Å². The third kappa shape index (κ3) is 5.29. The van der Waals surface area contributed by atoms with Gasteiger partial charge in [0, 0.05) is 34.0 Å². The summed E-state index contributed by atoms with van der Waals surface area (Å²) in [6.07, 6.45) is 10.1. The number of aromatic nitrogens is 2. The summed E-state index contributed by atoms with van der Waals surface area (Å²) in [5.41, 5.74) is 1.01. The SMILES string of the molecule is CCC1CSC(CCCc2c(Cl)cc(Cl)cc2Cl)(Cn2ccnc2)SC1. The second-order valence-electron chi connectivity index (χ2n) is 6.74. The van der Waals surface area contributed by atoms with Crippen molar-refractivity contribution in [3.05, 3.63) is 51.5 Å². The molecule has 0 aliphatic carbocycles. The molecule has 0 spiro atoms. The minimum atomic E-state index is 0.192. The van der Waals surface area contributed by atoms with Crippen LogP contribution in [0.2, 0.25) is 15.1 Å². The van der Waals surface area contributed by atoms with Gasteiger partial charge in [-0.15, -0.1) is 23.5 Å². The van der Waals surface area contributed by atoms with Gasteiger partial charge in [0.05, 0.1) is 10.4 Å². The predicted octanol–water partition coefficient (Wildman–Crippen LogP) is 7.07. The molecular formula is C19H23Cl3N2S2. The Hall–Kier alpha value is -0.000000000000000167. The Balaban J connectivity index is 1.67. The molecule has 2 heterocycles. The quantitative estimate of drug-likeness (QED) is 0.450. The van der Waals surface area contributed by atoms with Gasteiger partial charge in [0.2, 0.25) is 0 Å². The Morgan fingerprint density at radius 3 is 2.46 bits per heavy atom. The highest BCUT2D eigenvalue weighted by molar-refractivity contribution is 8.18. The lowest BCUT2D eigenvalue weighted by molar-refractivity contribution is 0.550. The highest BCUT2D eigenvalue weighted by Crippen LogP contribution is 2.49. The Bertz CT molecular complexity index is 691. The van der Waals surface area contributed by atoms with Crippen LogP contribution in [0.4, 0.5) is 0 Å². The first-order valence-electron chi connectivity index (χ1n) is 8.88. The largest absolute Gasteiger partial charge is 0.335 e. The molecule has 0 amide bonds. The lowest BCUT2D eigenvalue weighted by Crippen LogP contribution is -2.33. The molecule has 0 bridgehead atoms. The van der Waals surface area contributed by atoms with E-state index in [1.165, 1.54) is 17.9 Å². The number of halogens is 3. The summed E-state index contributed by atoms with van der Waals surface area (Å²) in [6, 6.07) is 3.56. The maximum absolute atomic E-state index is 6.35. The molecule has 0 saturated carbocycles. The second kappa shape index (κ2) is 9.47. The summed E-state index contributed by atoms with van der Waals surface area (Å²) in [5, 5.41) is 1.92. The first-order chi connectivity index (χ1) is 12.5. The van der Waals surface area contributed by atoms with Gasteiger partial charge in [-0.25, -0.2) is 4.98 Å². The molecule has 1 aromatic carbocycles. The van der Waals surface area contributed by atoms with Gasteiger partial charge in [0.25, 0.3) is 0 Å². The minimum absolute atomic E-state index is 0.192. The van der Waals surface area contributed by atoms with E-state index < -0.39 is 0 Å². The van der Waals surface area contributed by atoms with Crippen LogP contribution < -0.4 is 0 Å². The number of imidazole rings is 1. The molecular weight excluding hydrogens is 427 g/mol. The van der Waals surface area contributed by atoms with Crippen LogP contribution in [0.25, 0.3) is 0 Å². The Morgan fingerprint density at radius 1 is 1.19 bits per heavy atom. The molecule has 3 rings (SSSR count). The zero-order valence-corrected chi connectivity index (χ0v) is 18.7. The summed E-state index contributed by atoms with van der Waals surface area (Å²) >= 11 is 23.0. The Morgan fingerprint density at radius 2 is 1.88 bits per heavy atom. The monoisotopic (exact) mass is 448 g/mol. The van der Waals surface area contributed by atoms with E-state index in [2.05, 4.69) is 46.2 Å². The van der Waals surface area contributed by atoms with Gasteiger partial charge in [-0.1, -0.05) is 48.1 Å². The van der Waals surface area contributed by atoms with Crippen molar-refractivity contribution in [2.45, 2.75) is 43.2 Å². The van der Waals surface area contributed by atoms with Gasteiger partial charge in [0.1, 0.15) is 0 Å². The normalized spacial score (nSPS) is 23.3. The third-order valence-corrected chi connectivity index (χ3v) is 9.41. The zero-order chi connectivity index (χ0) is 18.6. The second-order valence-corrected chi connectivity index (χ2v) is 11.1. The Kier molecular flexibility index (Phi) is 7.55. The van der Waals surface area contributed by atoms with Crippen molar-refractivity contribution in [2.75, 3.05) is 11.5 Å². The summed E-state index contributed by atoms with van der Waals surface area (Å²) in [5.74, 6) is 3.29. The van der Waals surface area contributed by atoms with Gasteiger partial charge >= 0.3 is 0 Å². The van der Waals surface area contributed by atoms with Gasteiger partial charge < -0.3 is 4.57 Å². The van der Waals surface area contributed by atoms with E-state index in [4.69, 9.17) is 34.8 Å². The van der Waals surface area contributed by atoms with Crippen LogP contribution in [0.15, 0.2) is 30.9 Å². The van der Waals surface area contributed by atoms with E-state index in [9.17, 15) is 0 Å². The van der Waals surface area contributed by atoms with E-state index in [-0.39, 0.29) is 4.08 Å². The van der Waals surface area contributed by atoms with Gasteiger partial charge in [-0.2, -0.15) is 0 Å². The van der Waals surface area contributed by atoms with Crippen LogP contribution in [0.1, 0.15) is 31.7 Å². The van der Waals surface area contributed by atoms with Crippen LogP contribution in [-0.2, 0) is 13.0 Å². The average Bonchev–Trinajstić information content (AvgIpc) is 3.11. The molecule has 0 atom stereocenters. The van der Waals surface area contributed by atoms with Crippen LogP contribution >= 0.6 is 58.3 Å². The minimum Gasteiger partial charge on any atom is -0.335 e. The fraction of sp³-hybridized carbons (Fsp3) is 0.526. The number of rotatable bonds is 7. The fourth-order valence-electron chi connectivity index (χ4n) is 3.18. The van der Waals surface area contributed by atoms with Crippen molar-refractivity contribution < 1.29 is 0 Å². The standard InChI is InChI=1S/C19H23Cl3N2S2/c1-2-14-10-25-19(26-11-14,12-24-7-6-23-13-24)5-3-4-16-17(21)8-15(20)9-18(16)22/h6-9,13-14H,2-5,10-12H2,1H3. The summed E-state index contributed by atoms with van der Waals surface area (Å²) in [4.78, 5) is 4.21. The van der Waals surface area contributed by atoms with Crippen LogP contribution in [0.3, 0.4) is 0 Å². The smallest absolute Gasteiger partial charge is 0.0946 e. The predicted molar refractivity (Wildman–Crippen MR) is 118 cm³/mol. The van der Waals surface area contributed by atoms with Crippen molar-refractivity contribution in [3.8, 4) is 0 Å². The molecule has 2 aromatic rings. The molecule has 2 nitrogen and oxygen atoms in total. The average molecular weight is 450 g/mol.